The Morgan fingerprint density at radius 2 is 2.17 bits per heavy atom. The minimum atomic E-state index is 0.176. The number of aromatic hydroxyl groups is 1. The predicted molar refractivity (Wildman–Crippen MR) is 74.9 cm³/mol. The summed E-state index contributed by atoms with van der Waals surface area (Å²) in [6.07, 6.45) is 3.25. The standard InChI is InChI=1S/C12H13BrN4O/c1-7-3-11(18)9(4-10(7)13)5-15-17-6-8(2)16-12(17)14/h3-6,18H,1-2H3,(H2,14,16). The molecule has 1 aromatic carbocycles. The van der Waals surface area contributed by atoms with Crippen molar-refractivity contribution in [1.29, 1.82) is 0 Å². The van der Waals surface area contributed by atoms with Gasteiger partial charge in [-0.1, -0.05) is 15.9 Å². The second-order valence-corrected chi connectivity index (χ2v) is 4.84. The zero-order valence-corrected chi connectivity index (χ0v) is 11.6. The van der Waals surface area contributed by atoms with Crippen LogP contribution in [0, 0.1) is 13.8 Å². The molecule has 0 saturated carbocycles. The van der Waals surface area contributed by atoms with E-state index in [1.165, 1.54) is 10.9 Å². The summed E-state index contributed by atoms with van der Waals surface area (Å²) < 4.78 is 2.37. The van der Waals surface area contributed by atoms with E-state index in [9.17, 15) is 5.11 Å². The lowest BCUT2D eigenvalue weighted by molar-refractivity contribution is 0.474. The minimum Gasteiger partial charge on any atom is -0.507 e. The number of hydrogen-bond acceptors (Lipinski definition) is 4. The summed E-state index contributed by atoms with van der Waals surface area (Å²) in [5, 5.41) is 14.0. The van der Waals surface area contributed by atoms with Crippen molar-refractivity contribution < 1.29 is 5.11 Å². The van der Waals surface area contributed by atoms with Gasteiger partial charge in [0.15, 0.2) is 0 Å². The van der Waals surface area contributed by atoms with Crippen LogP contribution in [0.5, 0.6) is 5.75 Å². The number of anilines is 1. The van der Waals surface area contributed by atoms with Crippen molar-refractivity contribution in [2.45, 2.75) is 13.8 Å². The minimum absolute atomic E-state index is 0.176. The molecule has 2 rings (SSSR count). The van der Waals surface area contributed by atoms with Crippen LogP contribution in [-0.2, 0) is 0 Å². The lowest BCUT2D eigenvalue weighted by Gasteiger charge is -2.03. The number of benzene rings is 1. The van der Waals surface area contributed by atoms with Gasteiger partial charge in [-0.3, -0.25) is 0 Å². The average molecular weight is 309 g/mol. The van der Waals surface area contributed by atoms with Crippen LogP contribution in [0.4, 0.5) is 5.95 Å². The van der Waals surface area contributed by atoms with Gasteiger partial charge in [-0.2, -0.15) is 5.10 Å². The topological polar surface area (TPSA) is 76.4 Å². The van der Waals surface area contributed by atoms with Crippen LogP contribution in [0.2, 0.25) is 0 Å². The van der Waals surface area contributed by atoms with E-state index in [0.29, 0.717) is 11.5 Å². The van der Waals surface area contributed by atoms with Gasteiger partial charge in [0.1, 0.15) is 5.75 Å². The molecule has 5 nitrogen and oxygen atoms in total. The van der Waals surface area contributed by atoms with Gasteiger partial charge < -0.3 is 10.8 Å². The van der Waals surface area contributed by atoms with E-state index in [1.807, 2.05) is 13.8 Å². The number of nitrogen functional groups attached to an aromatic ring is 1. The molecule has 94 valence electrons. The van der Waals surface area contributed by atoms with E-state index in [4.69, 9.17) is 5.73 Å². The highest BCUT2D eigenvalue weighted by Crippen LogP contribution is 2.24. The van der Waals surface area contributed by atoms with Gasteiger partial charge in [0, 0.05) is 10.0 Å². The van der Waals surface area contributed by atoms with E-state index in [0.717, 1.165) is 15.7 Å². The summed E-state index contributed by atoms with van der Waals surface area (Å²) in [6, 6.07) is 3.47. The number of nitrogens with zero attached hydrogens (tertiary/aromatic N) is 3. The quantitative estimate of drug-likeness (QED) is 0.837. The molecule has 0 aliphatic rings. The molecule has 0 fully saturated rings. The van der Waals surface area contributed by atoms with Crippen LogP contribution in [0.1, 0.15) is 16.8 Å². The van der Waals surface area contributed by atoms with Gasteiger partial charge in [0.25, 0.3) is 0 Å². The highest BCUT2D eigenvalue weighted by molar-refractivity contribution is 9.10. The maximum absolute atomic E-state index is 9.80. The van der Waals surface area contributed by atoms with Gasteiger partial charge in [-0.15, -0.1) is 0 Å². The molecule has 1 aromatic heterocycles. The van der Waals surface area contributed by atoms with Gasteiger partial charge >= 0.3 is 0 Å². The first kappa shape index (κ1) is 12.6. The predicted octanol–water partition coefficient (Wildman–Crippen LogP) is 2.43. The number of imidazole rings is 1. The fourth-order valence-corrected chi connectivity index (χ4v) is 1.87. The molecule has 18 heavy (non-hydrogen) atoms. The Balaban J connectivity index is 2.34. The summed E-state index contributed by atoms with van der Waals surface area (Å²) in [5.41, 5.74) is 8.02. The summed E-state index contributed by atoms with van der Waals surface area (Å²) in [7, 11) is 0. The zero-order valence-electron chi connectivity index (χ0n) is 10.1. The van der Waals surface area contributed by atoms with Crippen molar-refractivity contribution in [3.63, 3.8) is 0 Å². The molecular weight excluding hydrogens is 296 g/mol. The number of rotatable bonds is 2. The number of nitrogens with two attached hydrogens (primary N) is 1. The first-order valence-electron chi connectivity index (χ1n) is 5.32. The lowest BCUT2D eigenvalue weighted by atomic mass is 10.1. The lowest BCUT2D eigenvalue weighted by Crippen LogP contribution is -1.97. The Kier molecular flexibility index (Phi) is 3.38. The third-order valence-electron chi connectivity index (χ3n) is 2.46. The highest BCUT2D eigenvalue weighted by atomic mass is 79.9. The van der Waals surface area contributed by atoms with Crippen molar-refractivity contribution in [3.05, 3.63) is 39.6 Å². The van der Waals surface area contributed by atoms with Crippen LogP contribution in [0.25, 0.3) is 0 Å². The van der Waals surface area contributed by atoms with E-state index < -0.39 is 0 Å². The average Bonchev–Trinajstić information content (AvgIpc) is 2.61. The first-order valence-corrected chi connectivity index (χ1v) is 6.11. The molecule has 6 heteroatoms. The summed E-state index contributed by atoms with van der Waals surface area (Å²) in [5.74, 6) is 0.490. The third kappa shape index (κ3) is 2.53. The number of phenols is 1. The Morgan fingerprint density at radius 3 is 2.78 bits per heavy atom. The zero-order chi connectivity index (χ0) is 13.3. The maximum atomic E-state index is 9.80. The second-order valence-electron chi connectivity index (χ2n) is 3.99. The molecule has 0 aliphatic heterocycles. The van der Waals surface area contributed by atoms with Crippen LogP contribution < -0.4 is 5.73 Å². The highest BCUT2D eigenvalue weighted by Gasteiger charge is 2.04. The summed E-state index contributed by atoms with van der Waals surface area (Å²) >= 11 is 3.41. The van der Waals surface area contributed by atoms with Gasteiger partial charge in [-0.25, -0.2) is 9.66 Å². The number of phenolic OH excluding ortho intramolecular Hbond substituents is 1. The van der Waals surface area contributed by atoms with Crippen LogP contribution in [0.3, 0.4) is 0 Å². The van der Waals surface area contributed by atoms with Crippen LogP contribution in [0.15, 0.2) is 27.9 Å². The molecule has 0 spiro atoms. The molecule has 1 heterocycles. The monoisotopic (exact) mass is 308 g/mol. The SMILES string of the molecule is Cc1cn(N=Cc2cc(Br)c(C)cc2O)c(N)n1. The maximum Gasteiger partial charge on any atom is 0.221 e. The fraction of sp³-hybridized carbons (Fsp3) is 0.167. The Hall–Kier alpha value is -1.82. The Labute approximate surface area is 113 Å². The normalized spacial score (nSPS) is 11.3. The largest absolute Gasteiger partial charge is 0.507 e. The van der Waals surface area contributed by atoms with Gasteiger partial charge in [0.2, 0.25) is 5.95 Å². The molecule has 2 aromatic rings. The molecule has 0 radical (unpaired) electrons. The van der Waals surface area contributed by atoms with E-state index in [-0.39, 0.29) is 5.75 Å². The molecule has 0 atom stereocenters. The number of hydrogen-bond donors (Lipinski definition) is 2. The molecule has 0 unspecified atom stereocenters. The van der Waals surface area contributed by atoms with Crippen LogP contribution in [-0.4, -0.2) is 21.0 Å². The van der Waals surface area contributed by atoms with Crippen molar-refractivity contribution in [1.82, 2.24) is 9.66 Å². The molecule has 0 amide bonds. The van der Waals surface area contributed by atoms with Gasteiger partial charge in [-0.05, 0) is 31.5 Å². The summed E-state index contributed by atoms with van der Waals surface area (Å²) in [4.78, 5) is 4.03. The third-order valence-corrected chi connectivity index (χ3v) is 3.32. The summed E-state index contributed by atoms with van der Waals surface area (Å²) in [6.45, 7) is 3.74. The Bertz CT molecular complexity index is 619. The Morgan fingerprint density at radius 1 is 1.44 bits per heavy atom. The van der Waals surface area contributed by atoms with E-state index in [2.05, 4.69) is 26.0 Å². The first-order chi connectivity index (χ1) is 8.47. The fourth-order valence-electron chi connectivity index (χ4n) is 1.51. The molecular formula is C12H13BrN4O. The van der Waals surface area contributed by atoms with Crippen LogP contribution >= 0.6 is 15.9 Å². The van der Waals surface area contributed by atoms with Crippen molar-refractivity contribution in [2.24, 2.45) is 5.10 Å². The molecule has 0 aliphatic carbocycles. The van der Waals surface area contributed by atoms with Crippen molar-refractivity contribution >= 4 is 28.1 Å². The second kappa shape index (κ2) is 4.81. The van der Waals surface area contributed by atoms with E-state index >= 15 is 0 Å². The van der Waals surface area contributed by atoms with E-state index in [1.54, 1.807) is 18.3 Å². The smallest absolute Gasteiger partial charge is 0.221 e. The molecule has 0 saturated heterocycles. The molecule has 3 N–H and O–H groups in total. The van der Waals surface area contributed by atoms with Gasteiger partial charge in [0.05, 0.1) is 18.1 Å². The number of aromatic nitrogens is 2. The number of halogens is 1. The van der Waals surface area contributed by atoms with Crippen molar-refractivity contribution in [2.75, 3.05) is 5.73 Å². The van der Waals surface area contributed by atoms with Crippen molar-refractivity contribution in [3.8, 4) is 5.75 Å². The number of aryl methyl sites for hydroxylation is 2. The molecule has 0 bridgehead atoms.